The van der Waals surface area contributed by atoms with Gasteiger partial charge in [-0.25, -0.2) is 4.98 Å². The van der Waals surface area contributed by atoms with E-state index < -0.39 is 0 Å². The molecule has 1 saturated heterocycles. The minimum absolute atomic E-state index is 0.105. The highest BCUT2D eigenvalue weighted by molar-refractivity contribution is 6.35. The van der Waals surface area contributed by atoms with E-state index in [1.54, 1.807) is 35.4 Å². The number of fused-ring (bicyclic) bond motifs is 1. The third-order valence-corrected chi connectivity index (χ3v) is 6.91. The SMILES string of the molecule is Nc1ncc(C(=O)N2CCC(COc3cccc4cccnc34)C2)cc1OCc1c(Cl)cccc1Cl. The van der Waals surface area contributed by atoms with E-state index in [1.807, 2.05) is 30.3 Å². The molecule has 1 atom stereocenters. The first kappa shape index (κ1) is 24.2. The standard InChI is InChI=1S/C27H24Cl2N4O3/c28-21-6-2-7-22(29)20(21)16-36-24-12-19(13-32-26(24)30)27(34)33-11-9-17(14-33)15-35-23-8-1-4-18-5-3-10-31-25(18)23/h1-8,10,12-13,17H,9,11,14-16H2,(H2,30,32). The zero-order chi connectivity index (χ0) is 25.1. The lowest BCUT2D eigenvalue weighted by Crippen LogP contribution is -2.29. The van der Waals surface area contributed by atoms with E-state index in [-0.39, 0.29) is 24.2 Å². The van der Waals surface area contributed by atoms with Gasteiger partial charge in [0.1, 0.15) is 17.9 Å². The monoisotopic (exact) mass is 522 g/mol. The zero-order valence-corrected chi connectivity index (χ0v) is 20.9. The number of amides is 1. The van der Waals surface area contributed by atoms with Crippen LogP contribution >= 0.6 is 23.2 Å². The number of para-hydroxylation sites is 1. The third-order valence-electron chi connectivity index (χ3n) is 6.21. The molecule has 9 heteroatoms. The van der Waals surface area contributed by atoms with Crippen molar-refractivity contribution in [3.05, 3.63) is 88.2 Å². The molecule has 36 heavy (non-hydrogen) atoms. The fourth-order valence-electron chi connectivity index (χ4n) is 4.24. The van der Waals surface area contributed by atoms with Crippen LogP contribution < -0.4 is 15.2 Å². The number of hydrogen-bond donors (Lipinski definition) is 1. The van der Waals surface area contributed by atoms with Gasteiger partial charge in [0.15, 0.2) is 11.6 Å². The van der Waals surface area contributed by atoms with Gasteiger partial charge in [-0.3, -0.25) is 9.78 Å². The topological polar surface area (TPSA) is 90.6 Å². The first-order chi connectivity index (χ1) is 17.5. The van der Waals surface area contributed by atoms with Crippen LogP contribution in [0.25, 0.3) is 10.9 Å². The van der Waals surface area contributed by atoms with Crippen molar-refractivity contribution in [3.8, 4) is 11.5 Å². The van der Waals surface area contributed by atoms with Crippen LogP contribution in [0.4, 0.5) is 5.82 Å². The van der Waals surface area contributed by atoms with Crippen LogP contribution in [0.3, 0.4) is 0 Å². The van der Waals surface area contributed by atoms with Crippen molar-refractivity contribution in [2.45, 2.75) is 13.0 Å². The van der Waals surface area contributed by atoms with E-state index in [0.29, 0.717) is 46.6 Å². The highest BCUT2D eigenvalue weighted by atomic mass is 35.5. The van der Waals surface area contributed by atoms with E-state index in [1.165, 1.54) is 6.20 Å². The molecule has 0 aliphatic carbocycles. The summed E-state index contributed by atoms with van der Waals surface area (Å²) in [7, 11) is 0. The Balaban J connectivity index is 1.21. The highest BCUT2D eigenvalue weighted by Gasteiger charge is 2.28. The average Bonchev–Trinajstić information content (AvgIpc) is 3.37. The maximum absolute atomic E-state index is 13.2. The molecule has 3 heterocycles. The van der Waals surface area contributed by atoms with Crippen molar-refractivity contribution in [2.75, 3.05) is 25.4 Å². The van der Waals surface area contributed by atoms with Crippen molar-refractivity contribution in [1.82, 2.24) is 14.9 Å². The van der Waals surface area contributed by atoms with Gasteiger partial charge < -0.3 is 20.1 Å². The van der Waals surface area contributed by atoms with Crippen LogP contribution in [0.5, 0.6) is 11.5 Å². The molecule has 0 bridgehead atoms. The Morgan fingerprint density at radius 3 is 2.64 bits per heavy atom. The van der Waals surface area contributed by atoms with Gasteiger partial charge in [0.05, 0.1) is 12.2 Å². The van der Waals surface area contributed by atoms with Gasteiger partial charge in [-0.1, -0.05) is 47.5 Å². The number of hydrogen-bond acceptors (Lipinski definition) is 6. The summed E-state index contributed by atoms with van der Waals surface area (Å²) in [6.45, 7) is 1.84. The number of carbonyl (C=O) groups excluding carboxylic acids is 1. The average molecular weight is 523 g/mol. The molecule has 0 spiro atoms. The largest absolute Gasteiger partial charge is 0.491 e. The molecule has 2 aromatic heterocycles. The molecule has 184 valence electrons. The zero-order valence-electron chi connectivity index (χ0n) is 19.4. The number of rotatable bonds is 7. The first-order valence-corrected chi connectivity index (χ1v) is 12.3. The molecule has 2 N–H and O–H groups in total. The van der Waals surface area contributed by atoms with Crippen LogP contribution in [0.2, 0.25) is 10.0 Å². The van der Waals surface area contributed by atoms with Crippen molar-refractivity contribution >= 4 is 45.8 Å². The number of nitrogen functional groups attached to an aromatic ring is 1. The second kappa shape index (κ2) is 10.6. The van der Waals surface area contributed by atoms with E-state index in [0.717, 1.165) is 23.1 Å². The summed E-state index contributed by atoms with van der Waals surface area (Å²) in [5, 5.41) is 2.01. The predicted molar refractivity (Wildman–Crippen MR) is 141 cm³/mol. The van der Waals surface area contributed by atoms with Crippen molar-refractivity contribution in [3.63, 3.8) is 0 Å². The molecule has 0 radical (unpaired) electrons. The Morgan fingerprint density at radius 2 is 1.81 bits per heavy atom. The fourth-order valence-corrected chi connectivity index (χ4v) is 4.75. The van der Waals surface area contributed by atoms with Gasteiger partial charge in [0.2, 0.25) is 0 Å². The molecule has 0 saturated carbocycles. The van der Waals surface area contributed by atoms with Gasteiger partial charge in [0, 0.05) is 52.4 Å². The van der Waals surface area contributed by atoms with E-state index >= 15 is 0 Å². The van der Waals surface area contributed by atoms with Crippen LogP contribution in [0, 0.1) is 5.92 Å². The molecule has 1 aliphatic rings. The number of nitrogens with zero attached hydrogens (tertiary/aromatic N) is 3. The number of nitrogens with two attached hydrogens (primary N) is 1. The van der Waals surface area contributed by atoms with E-state index in [4.69, 9.17) is 38.4 Å². The molecule has 1 fully saturated rings. The summed E-state index contributed by atoms with van der Waals surface area (Å²) < 4.78 is 11.9. The van der Waals surface area contributed by atoms with Gasteiger partial charge in [-0.15, -0.1) is 0 Å². The van der Waals surface area contributed by atoms with Crippen molar-refractivity contribution < 1.29 is 14.3 Å². The Kier molecular flexibility index (Phi) is 7.11. The molecule has 4 aromatic rings. The summed E-state index contributed by atoms with van der Waals surface area (Å²) in [6.07, 6.45) is 4.08. The number of ether oxygens (including phenoxy) is 2. The quantitative estimate of drug-likeness (QED) is 0.337. The minimum atomic E-state index is -0.127. The lowest BCUT2D eigenvalue weighted by molar-refractivity contribution is 0.0782. The highest BCUT2D eigenvalue weighted by Crippen LogP contribution is 2.29. The van der Waals surface area contributed by atoms with E-state index in [2.05, 4.69) is 9.97 Å². The smallest absolute Gasteiger partial charge is 0.255 e. The molecular weight excluding hydrogens is 499 g/mol. The number of anilines is 1. The summed E-state index contributed by atoms with van der Waals surface area (Å²) >= 11 is 12.4. The number of pyridine rings is 2. The van der Waals surface area contributed by atoms with Crippen LogP contribution in [0.1, 0.15) is 22.3 Å². The number of aromatic nitrogens is 2. The van der Waals surface area contributed by atoms with Crippen LogP contribution in [0.15, 0.2) is 67.0 Å². The Bertz CT molecular complexity index is 1390. The number of benzene rings is 2. The Labute approximate surface area is 218 Å². The van der Waals surface area contributed by atoms with Crippen molar-refractivity contribution in [2.24, 2.45) is 5.92 Å². The van der Waals surface area contributed by atoms with Crippen LogP contribution in [-0.4, -0.2) is 40.5 Å². The number of carbonyl (C=O) groups is 1. The normalized spacial score (nSPS) is 15.3. The lowest BCUT2D eigenvalue weighted by atomic mass is 10.1. The Morgan fingerprint density at radius 1 is 1.03 bits per heavy atom. The second-order valence-electron chi connectivity index (χ2n) is 8.64. The molecule has 1 unspecified atom stereocenters. The molecule has 7 nitrogen and oxygen atoms in total. The van der Waals surface area contributed by atoms with Gasteiger partial charge in [-0.2, -0.15) is 0 Å². The molecule has 2 aromatic carbocycles. The third kappa shape index (κ3) is 5.17. The number of halogens is 2. The summed E-state index contributed by atoms with van der Waals surface area (Å²) in [5.41, 5.74) is 7.87. The van der Waals surface area contributed by atoms with E-state index in [9.17, 15) is 4.79 Å². The minimum Gasteiger partial charge on any atom is -0.491 e. The summed E-state index contributed by atoms with van der Waals surface area (Å²) in [5.74, 6) is 1.33. The van der Waals surface area contributed by atoms with Crippen LogP contribution in [-0.2, 0) is 6.61 Å². The van der Waals surface area contributed by atoms with Gasteiger partial charge >= 0.3 is 0 Å². The number of likely N-dealkylation sites (tertiary alicyclic amines) is 1. The maximum atomic E-state index is 13.2. The first-order valence-electron chi connectivity index (χ1n) is 11.6. The van der Waals surface area contributed by atoms with Gasteiger partial charge in [-0.05, 0) is 36.8 Å². The van der Waals surface area contributed by atoms with Gasteiger partial charge in [0.25, 0.3) is 5.91 Å². The van der Waals surface area contributed by atoms with Crippen molar-refractivity contribution in [1.29, 1.82) is 0 Å². The molecule has 5 rings (SSSR count). The maximum Gasteiger partial charge on any atom is 0.255 e. The molecule has 1 amide bonds. The second-order valence-corrected chi connectivity index (χ2v) is 9.46. The fraction of sp³-hybridized carbons (Fsp3) is 0.222. The predicted octanol–water partition coefficient (Wildman–Crippen LogP) is 5.64. The molecular formula is C27H24Cl2N4O3. The summed E-state index contributed by atoms with van der Waals surface area (Å²) in [6, 6.07) is 16.6. The summed E-state index contributed by atoms with van der Waals surface area (Å²) in [4.78, 5) is 23.6. The Hall–Kier alpha value is -3.55. The molecule has 1 aliphatic heterocycles. The lowest BCUT2D eigenvalue weighted by Gasteiger charge is -2.18.